The predicted octanol–water partition coefficient (Wildman–Crippen LogP) is 3.88. The molecule has 0 fully saturated rings. The Kier molecular flexibility index (Phi) is 7.40. The number of aliphatic hydroxyl groups excluding tert-OH is 1. The largest absolute Gasteiger partial charge is 0.394 e. The normalized spacial score (nSPS) is 13.6. The molecule has 1 aromatic heterocycles. The summed E-state index contributed by atoms with van der Waals surface area (Å²) in [6.45, 7) is 6.12. The van der Waals surface area contributed by atoms with Crippen molar-refractivity contribution in [3.05, 3.63) is 58.4 Å². The zero-order valence-electron chi connectivity index (χ0n) is 17.2. The summed E-state index contributed by atoms with van der Waals surface area (Å²) in [6.07, 6.45) is 4.96. The molecule has 0 saturated carbocycles. The van der Waals surface area contributed by atoms with E-state index in [1.54, 1.807) is 0 Å². The smallest absolute Gasteiger partial charge is 0.179 e. The topological polar surface area (TPSA) is 68.2 Å². The van der Waals surface area contributed by atoms with Crippen LogP contribution in [0.4, 0.5) is 0 Å². The molecule has 0 radical (unpaired) electrons. The molecule has 4 heteroatoms. The van der Waals surface area contributed by atoms with Crippen LogP contribution in [0.5, 0.6) is 0 Å². The lowest BCUT2D eigenvalue weighted by atomic mass is 9.97. The van der Waals surface area contributed by atoms with Crippen LogP contribution in [-0.4, -0.2) is 27.6 Å². The minimum absolute atomic E-state index is 0.0381. The van der Waals surface area contributed by atoms with Gasteiger partial charge in [-0.1, -0.05) is 18.2 Å². The summed E-state index contributed by atoms with van der Waals surface area (Å²) in [4.78, 5) is 12.6. The monoisotopic (exact) mass is 370 g/mol. The first kappa shape index (κ1) is 21.4. The van der Waals surface area contributed by atoms with E-state index in [-0.39, 0.29) is 12.4 Å². The second-order valence-corrected chi connectivity index (χ2v) is 8.07. The SMILES string of the molecule is Cc1cccc(CCCCC(=O)c2ccc(CC[C@@](C)(N)CO)n2C)c1C. The Hall–Kier alpha value is -1.91. The van der Waals surface area contributed by atoms with Crippen molar-refractivity contribution in [2.24, 2.45) is 12.8 Å². The Balaban J connectivity index is 1.85. The number of hydrogen-bond donors (Lipinski definition) is 2. The van der Waals surface area contributed by atoms with Gasteiger partial charge in [0.1, 0.15) is 0 Å². The third-order valence-corrected chi connectivity index (χ3v) is 5.64. The predicted molar refractivity (Wildman–Crippen MR) is 111 cm³/mol. The Morgan fingerprint density at radius 3 is 2.59 bits per heavy atom. The minimum atomic E-state index is -0.581. The van der Waals surface area contributed by atoms with Crippen LogP contribution in [-0.2, 0) is 19.9 Å². The summed E-state index contributed by atoms with van der Waals surface area (Å²) >= 11 is 0. The number of rotatable bonds is 10. The molecule has 0 aliphatic carbocycles. The zero-order valence-corrected chi connectivity index (χ0v) is 17.2. The van der Waals surface area contributed by atoms with E-state index >= 15 is 0 Å². The molecule has 0 unspecified atom stereocenters. The average molecular weight is 371 g/mol. The second-order valence-electron chi connectivity index (χ2n) is 8.07. The van der Waals surface area contributed by atoms with Crippen LogP contribution >= 0.6 is 0 Å². The van der Waals surface area contributed by atoms with Gasteiger partial charge >= 0.3 is 0 Å². The van der Waals surface area contributed by atoms with Crippen LogP contribution in [0, 0.1) is 13.8 Å². The summed E-state index contributed by atoms with van der Waals surface area (Å²) in [7, 11) is 1.94. The highest BCUT2D eigenvalue weighted by Crippen LogP contribution is 2.18. The van der Waals surface area contributed by atoms with Gasteiger partial charge in [0.15, 0.2) is 5.78 Å². The van der Waals surface area contributed by atoms with Gasteiger partial charge in [-0.05, 0) is 81.7 Å². The molecule has 0 saturated heterocycles. The first-order valence-electron chi connectivity index (χ1n) is 9.88. The number of aryl methyl sites for hydroxylation is 3. The van der Waals surface area contributed by atoms with E-state index in [9.17, 15) is 9.90 Å². The fraction of sp³-hybridized carbons (Fsp3) is 0.522. The van der Waals surface area contributed by atoms with Gasteiger partial charge in [0.25, 0.3) is 0 Å². The molecule has 3 N–H and O–H groups in total. The maximum atomic E-state index is 12.6. The van der Waals surface area contributed by atoms with E-state index in [4.69, 9.17) is 5.73 Å². The van der Waals surface area contributed by atoms with Crippen LogP contribution < -0.4 is 5.73 Å². The standard InChI is InChI=1S/C23H34N2O2/c1-17-8-7-10-19(18(17)2)9-5-6-11-22(27)21-13-12-20(25(21)4)14-15-23(3,24)16-26/h7-8,10,12-13,26H,5-6,9,11,14-16,24H2,1-4H3/t23-/m1/s1. The third kappa shape index (κ3) is 5.78. The van der Waals surface area contributed by atoms with E-state index in [0.717, 1.165) is 37.1 Å². The van der Waals surface area contributed by atoms with E-state index < -0.39 is 5.54 Å². The van der Waals surface area contributed by atoms with Crippen LogP contribution in [0.15, 0.2) is 30.3 Å². The molecule has 0 bridgehead atoms. The van der Waals surface area contributed by atoms with Crippen molar-refractivity contribution < 1.29 is 9.90 Å². The minimum Gasteiger partial charge on any atom is -0.394 e. The second kappa shape index (κ2) is 9.34. The van der Waals surface area contributed by atoms with Gasteiger partial charge in [-0.25, -0.2) is 0 Å². The van der Waals surface area contributed by atoms with Crippen molar-refractivity contribution in [3.63, 3.8) is 0 Å². The molecule has 1 atom stereocenters. The lowest BCUT2D eigenvalue weighted by Gasteiger charge is -2.21. The molecule has 148 valence electrons. The number of aliphatic hydroxyl groups is 1. The van der Waals surface area contributed by atoms with Crippen LogP contribution in [0.3, 0.4) is 0 Å². The number of Topliss-reactive ketones (excluding diaryl/α,β-unsaturated/α-hetero) is 1. The van der Waals surface area contributed by atoms with Gasteiger partial charge in [-0.2, -0.15) is 0 Å². The Labute approximate surface area is 163 Å². The quantitative estimate of drug-likeness (QED) is 0.493. The van der Waals surface area contributed by atoms with Crippen molar-refractivity contribution in [2.75, 3.05) is 6.61 Å². The summed E-state index contributed by atoms with van der Waals surface area (Å²) < 4.78 is 1.97. The molecule has 27 heavy (non-hydrogen) atoms. The van der Waals surface area contributed by atoms with Gasteiger partial charge < -0.3 is 15.4 Å². The van der Waals surface area contributed by atoms with Gasteiger partial charge in [-0.3, -0.25) is 4.79 Å². The lowest BCUT2D eigenvalue weighted by molar-refractivity contribution is 0.0971. The Morgan fingerprint density at radius 2 is 1.89 bits per heavy atom. The number of unbranched alkanes of at least 4 members (excludes halogenated alkanes) is 1. The maximum Gasteiger partial charge on any atom is 0.179 e. The number of benzene rings is 1. The molecule has 1 heterocycles. The highest BCUT2D eigenvalue weighted by atomic mass is 16.3. The van der Waals surface area contributed by atoms with E-state index in [0.29, 0.717) is 12.8 Å². The Morgan fingerprint density at radius 1 is 1.15 bits per heavy atom. The molecule has 4 nitrogen and oxygen atoms in total. The Bertz CT molecular complexity index is 775. The fourth-order valence-electron chi connectivity index (χ4n) is 3.39. The molecule has 0 aliphatic heterocycles. The zero-order chi connectivity index (χ0) is 20.0. The molecular formula is C23H34N2O2. The van der Waals surface area contributed by atoms with E-state index in [1.165, 1.54) is 16.7 Å². The van der Waals surface area contributed by atoms with E-state index in [1.807, 2.05) is 30.7 Å². The number of hydrogen-bond acceptors (Lipinski definition) is 3. The number of nitrogens with two attached hydrogens (primary N) is 1. The number of nitrogens with zero attached hydrogens (tertiary/aromatic N) is 1. The molecule has 2 aromatic rings. The summed E-state index contributed by atoms with van der Waals surface area (Å²) in [5.74, 6) is 0.197. The van der Waals surface area contributed by atoms with Gasteiger partial charge in [0.2, 0.25) is 0 Å². The van der Waals surface area contributed by atoms with Crippen molar-refractivity contribution in [1.29, 1.82) is 0 Å². The van der Waals surface area contributed by atoms with Crippen molar-refractivity contribution in [3.8, 4) is 0 Å². The molecule has 0 aliphatic rings. The maximum absolute atomic E-state index is 12.6. The van der Waals surface area contributed by atoms with Crippen LogP contribution in [0.1, 0.15) is 65.5 Å². The first-order chi connectivity index (χ1) is 12.7. The van der Waals surface area contributed by atoms with Gasteiger partial charge in [0.05, 0.1) is 12.3 Å². The molecular weight excluding hydrogens is 336 g/mol. The number of carbonyl (C=O) groups is 1. The first-order valence-corrected chi connectivity index (χ1v) is 9.88. The highest BCUT2D eigenvalue weighted by Gasteiger charge is 2.19. The van der Waals surface area contributed by atoms with Crippen molar-refractivity contribution in [2.45, 2.75) is 64.8 Å². The molecule has 1 aromatic carbocycles. The summed E-state index contributed by atoms with van der Waals surface area (Å²) in [5.41, 5.74) is 11.3. The molecule has 2 rings (SSSR count). The lowest BCUT2D eigenvalue weighted by Crippen LogP contribution is -2.40. The fourth-order valence-corrected chi connectivity index (χ4v) is 3.39. The van der Waals surface area contributed by atoms with Crippen LogP contribution in [0.2, 0.25) is 0 Å². The van der Waals surface area contributed by atoms with Crippen molar-refractivity contribution in [1.82, 2.24) is 4.57 Å². The highest BCUT2D eigenvalue weighted by molar-refractivity contribution is 5.94. The number of aromatic nitrogens is 1. The summed E-state index contributed by atoms with van der Waals surface area (Å²) in [5, 5.41) is 9.28. The van der Waals surface area contributed by atoms with Gasteiger partial charge in [-0.15, -0.1) is 0 Å². The van der Waals surface area contributed by atoms with Gasteiger partial charge in [0, 0.05) is 24.7 Å². The number of carbonyl (C=O) groups excluding carboxylic acids is 1. The van der Waals surface area contributed by atoms with Crippen LogP contribution in [0.25, 0.3) is 0 Å². The van der Waals surface area contributed by atoms with Crippen molar-refractivity contribution >= 4 is 5.78 Å². The molecule has 0 amide bonds. The summed E-state index contributed by atoms with van der Waals surface area (Å²) in [6, 6.07) is 10.3. The number of ketones is 1. The third-order valence-electron chi connectivity index (χ3n) is 5.64. The molecule has 0 spiro atoms. The average Bonchev–Trinajstić information content (AvgIpc) is 3.01. The van der Waals surface area contributed by atoms with E-state index in [2.05, 4.69) is 32.0 Å².